The number of pyridine rings is 1. The number of hydrogen-bond donors (Lipinski definition) is 0. The van der Waals surface area contributed by atoms with Crippen LogP contribution < -0.4 is 4.90 Å². The lowest BCUT2D eigenvalue weighted by molar-refractivity contribution is -0.138. The molecule has 0 aliphatic heterocycles. The molecule has 0 saturated carbocycles. The first kappa shape index (κ1) is 14.0. The highest BCUT2D eigenvalue weighted by molar-refractivity contribution is 5.76. The summed E-state index contributed by atoms with van der Waals surface area (Å²) in [5, 5.41) is 9.17. The zero-order valence-corrected chi connectivity index (χ0v) is 10.9. The van der Waals surface area contributed by atoms with Gasteiger partial charge in [0.1, 0.15) is 18.4 Å². The van der Waals surface area contributed by atoms with Gasteiger partial charge in [-0.3, -0.25) is 4.79 Å². The Morgan fingerprint density at radius 3 is 2.89 bits per heavy atom. The quantitative estimate of drug-likeness (QED) is 0.740. The summed E-state index contributed by atoms with van der Waals surface area (Å²) >= 11 is 0. The summed E-state index contributed by atoms with van der Waals surface area (Å²) < 4.78 is 4.66. The Labute approximate surface area is 107 Å². The number of carbonyl (C=O) groups excluding carboxylic acids is 1. The van der Waals surface area contributed by atoms with Gasteiger partial charge in [-0.1, -0.05) is 6.92 Å². The molecule has 0 fully saturated rings. The third-order valence-electron chi connectivity index (χ3n) is 2.59. The predicted molar refractivity (Wildman–Crippen MR) is 68.2 cm³/mol. The number of nitrogens with zero attached hydrogens (tertiary/aromatic N) is 3. The van der Waals surface area contributed by atoms with Gasteiger partial charge in [0.05, 0.1) is 12.7 Å². The van der Waals surface area contributed by atoms with Crippen LogP contribution in [0.1, 0.15) is 24.5 Å². The van der Waals surface area contributed by atoms with Gasteiger partial charge in [0.25, 0.3) is 0 Å². The Balaban J connectivity index is 3.09. The maximum Gasteiger partial charge on any atom is 0.325 e. The van der Waals surface area contributed by atoms with Crippen molar-refractivity contribution in [2.45, 2.75) is 20.3 Å². The number of methoxy groups -OCH3 is 1. The van der Waals surface area contributed by atoms with E-state index < -0.39 is 0 Å². The molecule has 0 atom stereocenters. The summed E-state index contributed by atoms with van der Waals surface area (Å²) in [6.45, 7) is 4.62. The third kappa shape index (κ3) is 3.20. The van der Waals surface area contributed by atoms with Crippen molar-refractivity contribution >= 4 is 11.8 Å². The number of rotatable bonds is 5. The number of esters is 1. The lowest BCUT2D eigenvalue weighted by Gasteiger charge is -2.23. The number of anilines is 1. The fourth-order valence-corrected chi connectivity index (χ4v) is 1.67. The zero-order chi connectivity index (χ0) is 13.5. The van der Waals surface area contributed by atoms with E-state index in [0.29, 0.717) is 17.9 Å². The number of carbonyl (C=O) groups is 1. The number of aryl methyl sites for hydroxylation is 1. The molecule has 18 heavy (non-hydrogen) atoms. The molecule has 0 N–H and O–H groups in total. The predicted octanol–water partition coefficient (Wildman–Crippen LogP) is 1.65. The monoisotopic (exact) mass is 247 g/mol. The van der Waals surface area contributed by atoms with Gasteiger partial charge in [-0.2, -0.15) is 5.26 Å². The Kier molecular flexibility index (Phi) is 5.12. The summed E-state index contributed by atoms with van der Waals surface area (Å²) in [7, 11) is 1.35. The highest BCUT2D eigenvalue weighted by atomic mass is 16.5. The highest BCUT2D eigenvalue weighted by Crippen LogP contribution is 2.20. The lowest BCUT2D eigenvalue weighted by atomic mass is 10.1. The van der Waals surface area contributed by atoms with E-state index in [1.54, 1.807) is 17.2 Å². The van der Waals surface area contributed by atoms with Crippen LogP contribution in [-0.4, -0.2) is 31.2 Å². The first-order chi connectivity index (χ1) is 8.63. The molecule has 0 radical (unpaired) electrons. The van der Waals surface area contributed by atoms with E-state index in [4.69, 9.17) is 0 Å². The molecule has 5 heteroatoms. The summed E-state index contributed by atoms with van der Waals surface area (Å²) in [5.74, 6) is 0.209. The number of ether oxygens (including phenoxy) is 1. The molecule has 0 amide bonds. The van der Waals surface area contributed by atoms with Gasteiger partial charge in [-0.25, -0.2) is 4.98 Å². The molecule has 0 bridgehead atoms. The summed E-state index contributed by atoms with van der Waals surface area (Å²) in [4.78, 5) is 17.4. The molecule has 0 aliphatic carbocycles. The number of nitriles is 1. The Bertz CT molecular complexity index is 466. The third-order valence-corrected chi connectivity index (χ3v) is 2.59. The fraction of sp³-hybridized carbons (Fsp3) is 0.462. The van der Waals surface area contributed by atoms with Crippen molar-refractivity contribution in [2.24, 2.45) is 0 Å². The summed E-state index contributed by atoms with van der Waals surface area (Å²) in [6.07, 6.45) is 2.50. The van der Waals surface area contributed by atoms with Crippen molar-refractivity contribution in [3.8, 4) is 6.07 Å². The van der Waals surface area contributed by atoms with E-state index in [0.717, 1.165) is 12.0 Å². The van der Waals surface area contributed by atoms with E-state index in [1.165, 1.54) is 7.11 Å². The largest absolute Gasteiger partial charge is 0.468 e. The van der Waals surface area contributed by atoms with Crippen molar-refractivity contribution < 1.29 is 9.53 Å². The molecule has 1 heterocycles. The average Bonchev–Trinajstić information content (AvgIpc) is 2.37. The zero-order valence-electron chi connectivity index (χ0n) is 10.9. The Hall–Kier alpha value is -2.09. The van der Waals surface area contributed by atoms with Gasteiger partial charge in [0.15, 0.2) is 0 Å². The smallest absolute Gasteiger partial charge is 0.325 e. The Morgan fingerprint density at radius 1 is 1.61 bits per heavy atom. The second kappa shape index (κ2) is 6.60. The van der Waals surface area contributed by atoms with Crippen LogP contribution in [0.4, 0.5) is 5.82 Å². The molecular weight excluding hydrogens is 230 g/mol. The molecule has 5 nitrogen and oxygen atoms in total. The molecule has 96 valence electrons. The van der Waals surface area contributed by atoms with Crippen molar-refractivity contribution in [1.82, 2.24) is 4.98 Å². The van der Waals surface area contributed by atoms with E-state index in [9.17, 15) is 10.1 Å². The van der Waals surface area contributed by atoms with Crippen molar-refractivity contribution in [3.63, 3.8) is 0 Å². The van der Waals surface area contributed by atoms with Crippen LogP contribution in [0.15, 0.2) is 12.3 Å². The van der Waals surface area contributed by atoms with Crippen LogP contribution in [0.25, 0.3) is 0 Å². The standard InChI is InChI=1S/C13H17N3O2/c1-4-7-16(9-12(17)18-3)13-11(8-14)10(2)5-6-15-13/h5-6H,4,7,9H2,1-3H3. The van der Waals surface area contributed by atoms with Crippen LogP contribution in [0.2, 0.25) is 0 Å². The first-order valence-electron chi connectivity index (χ1n) is 5.81. The van der Waals surface area contributed by atoms with Crippen LogP contribution in [0, 0.1) is 18.3 Å². The molecule has 1 aromatic heterocycles. The lowest BCUT2D eigenvalue weighted by Crippen LogP contribution is -2.32. The van der Waals surface area contributed by atoms with E-state index in [2.05, 4.69) is 15.8 Å². The van der Waals surface area contributed by atoms with Gasteiger partial charge in [-0.05, 0) is 25.0 Å². The first-order valence-corrected chi connectivity index (χ1v) is 5.81. The van der Waals surface area contributed by atoms with Crippen LogP contribution in [-0.2, 0) is 9.53 Å². The van der Waals surface area contributed by atoms with Crippen molar-refractivity contribution in [3.05, 3.63) is 23.4 Å². The molecular formula is C13H17N3O2. The van der Waals surface area contributed by atoms with Crippen molar-refractivity contribution in [2.75, 3.05) is 25.1 Å². The second-order valence-corrected chi connectivity index (χ2v) is 3.94. The SMILES string of the molecule is CCCN(CC(=O)OC)c1nccc(C)c1C#N. The minimum atomic E-state index is -0.337. The van der Waals surface area contributed by atoms with Crippen LogP contribution in [0.5, 0.6) is 0 Å². The number of aromatic nitrogens is 1. The average molecular weight is 247 g/mol. The molecule has 0 unspecified atom stereocenters. The molecule has 1 aromatic rings. The van der Waals surface area contributed by atoms with Gasteiger partial charge in [0, 0.05) is 12.7 Å². The van der Waals surface area contributed by atoms with Crippen molar-refractivity contribution in [1.29, 1.82) is 5.26 Å². The molecule has 0 aromatic carbocycles. The topological polar surface area (TPSA) is 66.2 Å². The van der Waals surface area contributed by atoms with Crippen LogP contribution in [0.3, 0.4) is 0 Å². The number of hydrogen-bond acceptors (Lipinski definition) is 5. The summed E-state index contributed by atoms with van der Waals surface area (Å²) in [5.41, 5.74) is 1.36. The van der Waals surface area contributed by atoms with Gasteiger partial charge < -0.3 is 9.64 Å². The second-order valence-electron chi connectivity index (χ2n) is 3.94. The van der Waals surface area contributed by atoms with Gasteiger partial charge >= 0.3 is 5.97 Å². The maximum absolute atomic E-state index is 11.4. The Morgan fingerprint density at radius 2 is 2.33 bits per heavy atom. The molecule has 0 aliphatic rings. The van der Waals surface area contributed by atoms with Gasteiger partial charge in [-0.15, -0.1) is 0 Å². The minimum absolute atomic E-state index is 0.107. The minimum Gasteiger partial charge on any atom is -0.468 e. The maximum atomic E-state index is 11.4. The molecule has 0 saturated heterocycles. The van der Waals surface area contributed by atoms with E-state index >= 15 is 0 Å². The fourth-order valence-electron chi connectivity index (χ4n) is 1.67. The normalized spacial score (nSPS) is 9.67. The highest BCUT2D eigenvalue weighted by Gasteiger charge is 2.17. The van der Waals surface area contributed by atoms with Gasteiger partial charge in [0.2, 0.25) is 0 Å². The molecule has 1 rings (SSSR count). The van der Waals surface area contributed by atoms with Crippen LogP contribution >= 0.6 is 0 Å². The van der Waals surface area contributed by atoms with E-state index in [-0.39, 0.29) is 12.5 Å². The molecule has 0 spiro atoms. The summed E-state index contributed by atoms with van der Waals surface area (Å²) in [6, 6.07) is 3.92. The van der Waals surface area contributed by atoms with E-state index in [1.807, 2.05) is 13.8 Å².